The van der Waals surface area contributed by atoms with Crippen molar-refractivity contribution in [2.45, 2.75) is 23.3 Å². The quantitative estimate of drug-likeness (QED) is 0.214. The number of fused-ring (bicyclic) bond motifs is 1. The van der Waals surface area contributed by atoms with Crippen molar-refractivity contribution in [1.29, 1.82) is 0 Å². The predicted octanol–water partition coefficient (Wildman–Crippen LogP) is 4.39. The van der Waals surface area contributed by atoms with E-state index in [-0.39, 0.29) is 11.5 Å². The molecule has 164 valence electrons. The molecule has 0 radical (unpaired) electrons. The topological polar surface area (TPSA) is 63.9 Å². The van der Waals surface area contributed by atoms with Crippen molar-refractivity contribution in [3.8, 4) is 0 Å². The van der Waals surface area contributed by atoms with E-state index in [2.05, 4.69) is 0 Å². The van der Waals surface area contributed by atoms with Gasteiger partial charge in [0.2, 0.25) is 0 Å². The highest BCUT2D eigenvalue weighted by Crippen LogP contribution is 2.35. The first kappa shape index (κ1) is 22.7. The second-order valence-electron chi connectivity index (χ2n) is 7.12. The molecule has 1 aromatic carbocycles. The number of nitrogens with zero attached hydrogens (tertiary/aromatic N) is 3. The van der Waals surface area contributed by atoms with Gasteiger partial charge >= 0.3 is 0 Å². The Morgan fingerprint density at radius 1 is 1.19 bits per heavy atom. The zero-order valence-corrected chi connectivity index (χ0v) is 20.1. The molecule has 0 unspecified atom stereocenters. The lowest BCUT2D eigenvalue weighted by Gasteiger charge is -2.13. The molecule has 1 saturated heterocycles. The van der Waals surface area contributed by atoms with Crippen LogP contribution in [0.15, 0.2) is 68.3 Å². The summed E-state index contributed by atoms with van der Waals surface area (Å²) in [5, 5.41) is 0.556. The number of thiocarbonyl (C=S) groups is 1. The summed E-state index contributed by atoms with van der Waals surface area (Å²) in [6.07, 6.45) is 4.01. The fourth-order valence-electron chi connectivity index (χ4n) is 3.28. The number of amides is 1. The number of ether oxygens (including phenoxy) is 1. The van der Waals surface area contributed by atoms with Gasteiger partial charge < -0.3 is 4.74 Å². The normalized spacial score (nSPS) is 15.3. The number of hydrogen-bond donors (Lipinski definition) is 0. The summed E-state index contributed by atoms with van der Waals surface area (Å²) >= 11 is 8.02. The first-order valence-corrected chi connectivity index (χ1v) is 12.0. The number of aryl methyl sites for hydroxylation is 1. The molecule has 1 fully saturated rings. The summed E-state index contributed by atoms with van der Waals surface area (Å²) in [7, 11) is 1.62. The Labute approximate surface area is 199 Å². The maximum absolute atomic E-state index is 13.4. The van der Waals surface area contributed by atoms with Crippen LogP contribution in [-0.4, -0.2) is 44.8 Å². The molecule has 1 aliphatic rings. The number of carbonyl (C=O) groups excluding carboxylic acids is 1. The third kappa shape index (κ3) is 4.66. The van der Waals surface area contributed by atoms with Crippen LogP contribution in [0.25, 0.3) is 11.7 Å². The van der Waals surface area contributed by atoms with Crippen LogP contribution in [0.3, 0.4) is 0 Å². The van der Waals surface area contributed by atoms with Crippen LogP contribution in [0.1, 0.15) is 17.5 Å². The van der Waals surface area contributed by atoms with Gasteiger partial charge in [-0.3, -0.25) is 18.9 Å². The van der Waals surface area contributed by atoms with Crippen molar-refractivity contribution < 1.29 is 9.53 Å². The van der Waals surface area contributed by atoms with Crippen molar-refractivity contribution >= 4 is 57.7 Å². The summed E-state index contributed by atoms with van der Waals surface area (Å²) in [5.74, 6) is -0.194. The van der Waals surface area contributed by atoms with Gasteiger partial charge in [-0.25, -0.2) is 4.98 Å². The minimum absolute atomic E-state index is 0.194. The zero-order valence-electron chi connectivity index (χ0n) is 17.6. The Bertz CT molecular complexity index is 1270. The molecule has 0 atom stereocenters. The van der Waals surface area contributed by atoms with E-state index in [9.17, 15) is 9.59 Å². The van der Waals surface area contributed by atoms with Crippen LogP contribution in [0.4, 0.5) is 0 Å². The minimum Gasteiger partial charge on any atom is -0.385 e. The fraction of sp³-hybridized carbons (Fsp3) is 0.217. The van der Waals surface area contributed by atoms with Gasteiger partial charge in [0.25, 0.3) is 11.5 Å². The van der Waals surface area contributed by atoms with Crippen molar-refractivity contribution in [2.24, 2.45) is 0 Å². The molecule has 32 heavy (non-hydrogen) atoms. The van der Waals surface area contributed by atoms with E-state index in [0.717, 1.165) is 10.5 Å². The van der Waals surface area contributed by atoms with E-state index >= 15 is 0 Å². The maximum atomic E-state index is 13.4. The molecule has 0 spiro atoms. The van der Waals surface area contributed by atoms with Gasteiger partial charge in [0.1, 0.15) is 15.0 Å². The number of hydrogen-bond acceptors (Lipinski definition) is 7. The molecule has 9 heteroatoms. The highest BCUT2D eigenvalue weighted by molar-refractivity contribution is 8.26. The number of aromatic nitrogens is 2. The van der Waals surface area contributed by atoms with Crippen molar-refractivity contribution in [1.82, 2.24) is 14.3 Å². The van der Waals surface area contributed by atoms with Gasteiger partial charge in [0, 0.05) is 31.4 Å². The van der Waals surface area contributed by atoms with Crippen molar-refractivity contribution in [3.63, 3.8) is 0 Å². The zero-order chi connectivity index (χ0) is 22.7. The molecule has 1 amide bonds. The lowest BCUT2D eigenvalue weighted by Crippen LogP contribution is -2.29. The Morgan fingerprint density at radius 2 is 1.97 bits per heavy atom. The first-order valence-electron chi connectivity index (χ1n) is 9.99. The van der Waals surface area contributed by atoms with Crippen molar-refractivity contribution in [3.05, 3.63) is 75.0 Å². The minimum atomic E-state index is -0.221. The Morgan fingerprint density at radius 3 is 2.72 bits per heavy atom. The van der Waals surface area contributed by atoms with E-state index in [1.54, 1.807) is 24.3 Å². The van der Waals surface area contributed by atoms with Crippen LogP contribution in [0.2, 0.25) is 0 Å². The standard InChI is InChI=1S/C23H21N3O3S3/c1-15-8-6-11-25-19(15)24-20(31-16-9-4-3-5-10-16)17(21(25)27)14-18-22(28)26(23(30)32-18)12-7-13-29-2/h3-6,8-11,14H,7,12-13H2,1-2H3/b18-14-. The van der Waals surface area contributed by atoms with Gasteiger partial charge in [-0.2, -0.15) is 0 Å². The van der Waals surface area contributed by atoms with Crippen LogP contribution >= 0.6 is 35.7 Å². The average molecular weight is 484 g/mol. The molecular weight excluding hydrogens is 462 g/mol. The van der Waals surface area contributed by atoms with Crippen molar-refractivity contribution in [2.75, 3.05) is 20.3 Å². The molecule has 4 rings (SSSR count). The molecule has 0 saturated carbocycles. The van der Waals surface area contributed by atoms with Gasteiger partial charge in [0.05, 0.1) is 10.5 Å². The number of carbonyl (C=O) groups is 1. The Balaban J connectivity index is 1.80. The smallest absolute Gasteiger partial charge is 0.266 e. The number of thioether (sulfide) groups is 1. The molecular formula is C23H21N3O3S3. The van der Waals surface area contributed by atoms with Gasteiger partial charge in [-0.1, -0.05) is 60.0 Å². The average Bonchev–Trinajstić information content (AvgIpc) is 3.05. The Kier molecular flexibility index (Phi) is 7.10. The van der Waals surface area contributed by atoms with Gasteiger partial charge in [-0.15, -0.1) is 0 Å². The SMILES string of the molecule is COCCCN1C(=O)/C(=C/c2c(Sc3ccccc3)nc3c(C)cccn3c2=O)SC1=S. The monoisotopic (exact) mass is 483 g/mol. The third-order valence-electron chi connectivity index (χ3n) is 4.89. The molecule has 0 bridgehead atoms. The molecule has 1 aliphatic heterocycles. The largest absolute Gasteiger partial charge is 0.385 e. The van der Waals surface area contributed by atoms with E-state index in [0.29, 0.717) is 45.0 Å². The molecule has 0 N–H and O–H groups in total. The van der Waals surface area contributed by atoms with E-state index in [1.165, 1.54) is 27.9 Å². The summed E-state index contributed by atoms with van der Waals surface area (Å²) in [5.41, 5.74) is 1.65. The number of benzene rings is 1. The second kappa shape index (κ2) is 9.99. The molecule has 2 aromatic heterocycles. The summed E-state index contributed by atoms with van der Waals surface area (Å²) in [4.78, 5) is 34.2. The fourth-order valence-corrected chi connectivity index (χ4v) is 5.48. The first-order chi connectivity index (χ1) is 15.5. The lowest BCUT2D eigenvalue weighted by atomic mass is 10.2. The van der Waals surface area contributed by atoms with E-state index in [1.807, 2.05) is 49.4 Å². The van der Waals surface area contributed by atoms with E-state index < -0.39 is 0 Å². The Hall–Kier alpha value is -2.46. The highest BCUT2D eigenvalue weighted by Gasteiger charge is 2.32. The number of pyridine rings is 1. The van der Waals surface area contributed by atoms with E-state index in [4.69, 9.17) is 21.9 Å². The van der Waals surface area contributed by atoms with Crippen LogP contribution in [0, 0.1) is 6.92 Å². The molecule has 0 aliphatic carbocycles. The number of methoxy groups -OCH3 is 1. The van der Waals surface area contributed by atoms with Gasteiger partial charge in [0.15, 0.2) is 0 Å². The molecule has 3 heterocycles. The summed E-state index contributed by atoms with van der Waals surface area (Å²) in [6.45, 7) is 2.95. The lowest BCUT2D eigenvalue weighted by molar-refractivity contribution is -0.122. The third-order valence-corrected chi connectivity index (χ3v) is 7.28. The van der Waals surface area contributed by atoms with Crippen LogP contribution in [0.5, 0.6) is 0 Å². The second-order valence-corrected chi connectivity index (χ2v) is 9.85. The predicted molar refractivity (Wildman–Crippen MR) is 133 cm³/mol. The summed E-state index contributed by atoms with van der Waals surface area (Å²) < 4.78 is 7.08. The highest BCUT2D eigenvalue weighted by atomic mass is 32.2. The number of rotatable bonds is 7. The molecule has 3 aromatic rings. The van der Waals surface area contributed by atoms with Crippen LogP contribution < -0.4 is 5.56 Å². The van der Waals surface area contributed by atoms with Crippen LogP contribution in [-0.2, 0) is 9.53 Å². The van der Waals surface area contributed by atoms with Gasteiger partial charge in [-0.05, 0) is 43.2 Å². The molecule has 6 nitrogen and oxygen atoms in total. The summed E-state index contributed by atoms with van der Waals surface area (Å²) in [6, 6.07) is 13.5. The maximum Gasteiger partial charge on any atom is 0.266 e.